The summed E-state index contributed by atoms with van der Waals surface area (Å²) in [5, 5.41) is 0.0991. The second-order valence-electron chi connectivity index (χ2n) is 8.10. The smallest absolute Gasteiger partial charge is 0.460 e. The molecule has 37 heavy (non-hydrogen) atoms. The molecule has 4 nitrogen and oxygen atoms in total. The van der Waals surface area contributed by atoms with Crippen LogP contribution in [0, 0.1) is 5.92 Å². The number of ether oxygens (including phenoxy) is 1. The zero-order valence-corrected chi connectivity index (χ0v) is 19.3. The van der Waals surface area contributed by atoms with Crippen LogP contribution in [0.3, 0.4) is 0 Å². The molecule has 1 aliphatic rings. The topological polar surface area (TPSA) is 55.4 Å². The van der Waals surface area contributed by atoms with Gasteiger partial charge in [-0.15, -0.1) is 11.3 Å². The second-order valence-corrected chi connectivity index (χ2v) is 9.21. The number of alkyl halides is 13. The average molecular weight is 585 g/mol. The third-order valence-electron chi connectivity index (χ3n) is 5.44. The molecule has 0 aromatic carbocycles. The van der Waals surface area contributed by atoms with Crippen molar-refractivity contribution in [3.8, 4) is 0 Å². The number of hydrogen-bond acceptors (Lipinski definition) is 4. The summed E-state index contributed by atoms with van der Waals surface area (Å²) in [5.74, 6) is -43.6. The van der Waals surface area contributed by atoms with E-state index in [1.165, 1.54) is 6.92 Å². The van der Waals surface area contributed by atoms with Gasteiger partial charge < -0.3 is 10.1 Å². The molecule has 0 fully saturated rings. The molecule has 1 unspecified atom stereocenters. The van der Waals surface area contributed by atoms with Crippen LogP contribution < -0.4 is 5.32 Å². The van der Waals surface area contributed by atoms with E-state index in [9.17, 15) is 66.7 Å². The number of carbonyl (C=O) groups is 2. The lowest BCUT2D eigenvalue weighted by Crippen LogP contribution is -2.71. The van der Waals surface area contributed by atoms with Gasteiger partial charge in [0.25, 0.3) is 0 Å². The number of fused-ring (bicyclic) bond motifs is 1. The molecule has 0 bridgehead atoms. The lowest BCUT2D eigenvalue weighted by Gasteiger charge is -2.39. The first-order chi connectivity index (χ1) is 16.5. The first-order valence-corrected chi connectivity index (χ1v) is 10.9. The van der Waals surface area contributed by atoms with Gasteiger partial charge in [0.2, 0.25) is 0 Å². The Morgan fingerprint density at radius 3 is 1.89 bits per heavy atom. The van der Waals surface area contributed by atoms with Crippen LogP contribution in [0.1, 0.15) is 41.1 Å². The van der Waals surface area contributed by atoms with Gasteiger partial charge in [-0.3, -0.25) is 4.79 Å². The Morgan fingerprint density at radius 2 is 1.41 bits per heavy atom. The summed E-state index contributed by atoms with van der Waals surface area (Å²) in [6, 6.07) is 0. The van der Waals surface area contributed by atoms with Crippen molar-refractivity contribution in [2.24, 2.45) is 5.92 Å². The number of rotatable bonds is 8. The van der Waals surface area contributed by atoms with Crippen molar-refractivity contribution < 1.29 is 71.4 Å². The van der Waals surface area contributed by atoms with E-state index >= 15 is 0 Å². The molecule has 1 N–H and O–H groups in total. The highest BCUT2D eigenvalue weighted by molar-refractivity contribution is 7.17. The van der Waals surface area contributed by atoms with Gasteiger partial charge >= 0.3 is 47.7 Å². The summed E-state index contributed by atoms with van der Waals surface area (Å²) in [6.45, 7) is 2.75. The molecule has 1 aromatic heterocycles. The van der Waals surface area contributed by atoms with Crippen LogP contribution in [0.15, 0.2) is 0 Å². The Morgan fingerprint density at radius 1 is 0.892 bits per heavy atom. The fourth-order valence-electron chi connectivity index (χ4n) is 3.35. The summed E-state index contributed by atoms with van der Waals surface area (Å²) in [7, 11) is 0. The van der Waals surface area contributed by atoms with E-state index in [1.807, 2.05) is 0 Å². The number of nitrogens with one attached hydrogen (secondary N) is 1. The molecular formula is C19H16F13NO3S. The standard InChI is InChI=1S/C19H16F13NO3S/c1-3-36-12(34)10-8-5-4-7(2)6-9(8)37-11(10)33-13(35)14(20,21)15(22,23)16(24,25)17(26,27)18(28,29)19(30,31)32/h7H,3-6H2,1-2H3,(H,33,35). The van der Waals surface area contributed by atoms with Crippen LogP contribution in [-0.2, 0) is 22.4 Å². The van der Waals surface area contributed by atoms with Crippen molar-refractivity contribution >= 4 is 28.2 Å². The molecular weight excluding hydrogens is 569 g/mol. The molecule has 212 valence electrons. The van der Waals surface area contributed by atoms with Crippen molar-refractivity contribution in [2.75, 3.05) is 11.9 Å². The molecule has 1 atom stereocenters. The minimum atomic E-state index is -8.13. The highest BCUT2D eigenvalue weighted by Crippen LogP contribution is 2.60. The summed E-state index contributed by atoms with van der Waals surface area (Å²) >= 11 is 0.380. The molecule has 0 radical (unpaired) electrons. The summed E-state index contributed by atoms with van der Waals surface area (Å²) in [6.07, 6.45) is -6.81. The van der Waals surface area contributed by atoms with E-state index in [1.54, 1.807) is 6.92 Å². The van der Waals surface area contributed by atoms with Gasteiger partial charge in [0.15, 0.2) is 0 Å². The maximum absolute atomic E-state index is 14.2. The van der Waals surface area contributed by atoms with E-state index in [0.29, 0.717) is 17.8 Å². The van der Waals surface area contributed by atoms with Crippen LogP contribution in [0.25, 0.3) is 0 Å². The Hall–Kier alpha value is -2.27. The molecule has 0 saturated heterocycles. The zero-order valence-electron chi connectivity index (χ0n) is 18.5. The van der Waals surface area contributed by atoms with Gasteiger partial charge in [-0.25, -0.2) is 4.79 Å². The predicted octanol–water partition coefficient (Wildman–Crippen LogP) is 6.73. The van der Waals surface area contributed by atoms with Gasteiger partial charge in [-0.2, -0.15) is 57.1 Å². The SMILES string of the molecule is CCOC(=O)c1c(NC(=O)C(F)(F)C(F)(F)C(F)(F)C(F)(F)C(F)(F)C(F)(F)F)sc2c1CCC(C)C2. The molecule has 1 aliphatic carbocycles. The number of esters is 1. The summed E-state index contributed by atoms with van der Waals surface area (Å²) < 4.78 is 178. The normalized spacial score (nSPS) is 17.9. The summed E-state index contributed by atoms with van der Waals surface area (Å²) in [4.78, 5) is 24.5. The fourth-order valence-corrected chi connectivity index (χ4v) is 4.75. The molecule has 0 aliphatic heterocycles. The fraction of sp³-hybridized carbons (Fsp3) is 0.684. The Bertz CT molecular complexity index is 1050. The van der Waals surface area contributed by atoms with Crippen molar-refractivity contribution in [1.29, 1.82) is 0 Å². The molecule has 1 aromatic rings. The zero-order chi connectivity index (χ0) is 29.0. The monoisotopic (exact) mass is 585 g/mol. The third-order valence-corrected chi connectivity index (χ3v) is 6.61. The van der Waals surface area contributed by atoms with E-state index < -0.39 is 58.2 Å². The van der Waals surface area contributed by atoms with Gasteiger partial charge in [0, 0.05) is 4.88 Å². The maximum Gasteiger partial charge on any atom is 0.460 e. The van der Waals surface area contributed by atoms with E-state index in [2.05, 4.69) is 0 Å². The Labute approximate surface area is 203 Å². The van der Waals surface area contributed by atoms with Crippen LogP contribution in [0.2, 0.25) is 0 Å². The average Bonchev–Trinajstić information content (AvgIpc) is 3.09. The molecule has 0 saturated carbocycles. The highest BCUT2D eigenvalue weighted by atomic mass is 32.1. The maximum atomic E-state index is 14.2. The highest BCUT2D eigenvalue weighted by Gasteiger charge is 2.91. The minimum absolute atomic E-state index is 0.0354. The predicted molar refractivity (Wildman–Crippen MR) is 101 cm³/mol. The number of anilines is 1. The third kappa shape index (κ3) is 4.73. The molecule has 18 heteroatoms. The number of thiophene rings is 1. The molecule has 1 amide bonds. The number of carbonyl (C=O) groups excluding carboxylic acids is 2. The molecule has 0 spiro atoms. The Kier molecular flexibility index (Phi) is 7.93. The van der Waals surface area contributed by atoms with Crippen molar-refractivity contribution in [3.63, 3.8) is 0 Å². The number of hydrogen-bond donors (Lipinski definition) is 1. The molecule has 2 rings (SSSR count). The van der Waals surface area contributed by atoms with Gasteiger partial charge in [-0.05, 0) is 37.7 Å². The van der Waals surface area contributed by atoms with Gasteiger partial charge in [0.1, 0.15) is 5.00 Å². The largest absolute Gasteiger partial charge is 0.462 e. The minimum Gasteiger partial charge on any atom is -0.462 e. The number of halogens is 13. The lowest BCUT2D eigenvalue weighted by atomic mass is 9.88. The van der Waals surface area contributed by atoms with E-state index in [0.717, 1.165) is 5.32 Å². The summed E-state index contributed by atoms with van der Waals surface area (Å²) in [5.41, 5.74) is -0.462. The molecule has 1 heterocycles. The van der Waals surface area contributed by atoms with Crippen molar-refractivity contribution in [2.45, 2.75) is 68.9 Å². The Balaban J connectivity index is 2.53. The van der Waals surface area contributed by atoms with Crippen LogP contribution in [0.4, 0.5) is 62.1 Å². The lowest BCUT2D eigenvalue weighted by molar-refractivity contribution is -0.435. The van der Waals surface area contributed by atoms with Crippen molar-refractivity contribution in [1.82, 2.24) is 0 Å². The van der Waals surface area contributed by atoms with Crippen LogP contribution in [-0.4, -0.2) is 54.3 Å². The van der Waals surface area contributed by atoms with Gasteiger partial charge in [-0.1, -0.05) is 6.92 Å². The quantitative estimate of drug-likeness (QED) is 0.272. The van der Waals surface area contributed by atoms with Crippen LogP contribution in [0.5, 0.6) is 0 Å². The van der Waals surface area contributed by atoms with Crippen LogP contribution >= 0.6 is 11.3 Å². The first kappa shape index (κ1) is 31.0. The second kappa shape index (κ2) is 9.48. The van der Waals surface area contributed by atoms with E-state index in [4.69, 9.17) is 4.74 Å². The van der Waals surface area contributed by atoms with E-state index in [-0.39, 0.29) is 35.8 Å². The van der Waals surface area contributed by atoms with Gasteiger partial charge in [0.05, 0.1) is 12.2 Å². The first-order valence-electron chi connectivity index (χ1n) is 10.1. The number of amides is 1. The van der Waals surface area contributed by atoms with Crippen molar-refractivity contribution in [3.05, 3.63) is 16.0 Å².